The fraction of sp³-hybridized carbons (Fsp3) is 0.542. The third-order valence-electron chi connectivity index (χ3n) is 6.63. The highest BCUT2D eigenvalue weighted by atomic mass is 32.2. The number of hydroxylamine groups is 1. The van der Waals surface area contributed by atoms with Crippen molar-refractivity contribution in [2.24, 2.45) is 5.92 Å². The Morgan fingerprint density at radius 3 is 2.48 bits per heavy atom. The summed E-state index contributed by atoms with van der Waals surface area (Å²) in [5.41, 5.74) is 5.01. The monoisotopic (exact) mass is 444 g/mol. The van der Waals surface area contributed by atoms with Crippen LogP contribution in [-0.4, -0.2) is 55.1 Å². The second-order valence-electron chi connectivity index (χ2n) is 8.80. The Balaban J connectivity index is 1.58. The maximum atomic E-state index is 12.1. The van der Waals surface area contributed by atoms with E-state index in [0.29, 0.717) is 19.0 Å². The van der Waals surface area contributed by atoms with Gasteiger partial charge in [0.2, 0.25) is 0 Å². The van der Waals surface area contributed by atoms with Crippen LogP contribution in [0.3, 0.4) is 0 Å². The number of rotatable bonds is 6. The van der Waals surface area contributed by atoms with E-state index in [2.05, 4.69) is 47.1 Å². The van der Waals surface area contributed by atoms with Gasteiger partial charge >= 0.3 is 0 Å². The van der Waals surface area contributed by atoms with Crippen LogP contribution in [-0.2, 0) is 14.6 Å². The van der Waals surface area contributed by atoms with E-state index in [1.165, 1.54) is 49.2 Å². The largest absolute Gasteiger partial charge is 0.299 e. The zero-order chi connectivity index (χ0) is 22.5. The van der Waals surface area contributed by atoms with Crippen molar-refractivity contribution in [3.05, 3.63) is 41.5 Å². The van der Waals surface area contributed by atoms with Gasteiger partial charge in [-0.25, -0.2) is 13.9 Å². The molecule has 1 aliphatic carbocycles. The molecule has 1 heterocycles. The van der Waals surface area contributed by atoms with Crippen LogP contribution in [0, 0.1) is 17.8 Å². The van der Waals surface area contributed by atoms with Crippen molar-refractivity contribution < 1.29 is 18.4 Å². The average molecular weight is 445 g/mol. The van der Waals surface area contributed by atoms with Gasteiger partial charge < -0.3 is 0 Å². The molecule has 31 heavy (non-hydrogen) atoms. The first-order valence-corrected chi connectivity index (χ1v) is 12.8. The lowest BCUT2D eigenvalue weighted by Gasteiger charge is -2.31. The molecule has 7 heteroatoms. The summed E-state index contributed by atoms with van der Waals surface area (Å²) in [6, 6.07) is 8.39. The van der Waals surface area contributed by atoms with E-state index >= 15 is 0 Å². The second-order valence-corrected chi connectivity index (χ2v) is 11.2. The number of nitrogens with zero attached hydrogens (tertiary/aromatic N) is 1. The minimum Gasteiger partial charge on any atom is -0.299 e. The van der Waals surface area contributed by atoms with E-state index in [1.54, 1.807) is 0 Å². The molecule has 1 atom stereocenters. The predicted octanol–water partition coefficient (Wildman–Crippen LogP) is 3.02. The number of hydrogen-bond acceptors (Lipinski definition) is 5. The molecule has 1 aliphatic heterocycles. The van der Waals surface area contributed by atoms with E-state index in [0.717, 1.165) is 24.8 Å². The van der Waals surface area contributed by atoms with E-state index in [1.807, 2.05) is 0 Å². The minimum atomic E-state index is -3.67. The van der Waals surface area contributed by atoms with E-state index in [4.69, 9.17) is 5.21 Å². The van der Waals surface area contributed by atoms with Crippen molar-refractivity contribution in [1.29, 1.82) is 0 Å². The summed E-state index contributed by atoms with van der Waals surface area (Å²) in [6.45, 7) is 3.29. The first-order valence-electron chi connectivity index (χ1n) is 10.9. The Bertz CT molecular complexity index is 983. The van der Waals surface area contributed by atoms with Crippen LogP contribution in [0.15, 0.2) is 30.3 Å². The van der Waals surface area contributed by atoms with Crippen molar-refractivity contribution in [3.63, 3.8) is 0 Å². The molecule has 0 radical (unpaired) electrons. The number of benzene rings is 1. The highest BCUT2D eigenvalue weighted by Gasteiger charge is 2.43. The van der Waals surface area contributed by atoms with Crippen LogP contribution in [0.4, 0.5) is 0 Å². The molecule has 1 aromatic carbocycles. The quantitative estimate of drug-likeness (QED) is 0.400. The van der Waals surface area contributed by atoms with Crippen molar-refractivity contribution in [2.45, 2.75) is 50.2 Å². The lowest BCUT2D eigenvalue weighted by Crippen LogP contribution is -2.51. The summed E-state index contributed by atoms with van der Waals surface area (Å²) in [7, 11) is -3.67. The maximum Gasteiger partial charge on any atom is 0.264 e. The molecule has 1 amide bonds. The molecule has 0 aromatic heterocycles. The topological polar surface area (TPSA) is 86.7 Å². The average Bonchev–Trinajstić information content (AvgIpc) is 3.29. The number of sulfone groups is 1. The lowest BCUT2D eigenvalue weighted by atomic mass is 9.97. The summed E-state index contributed by atoms with van der Waals surface area (Å²) in [6.07, 6.45) is 9.21. The summed E-state index contributed by atoms with van der Waals surface area (Å²) in [4.78, 5) is 14.1. The van der Waals surface area contributed by atoms with E-state index in [9.17, 15) is 13.2 Å². The Kier molecular flexibility index (Phi) is 7.58. The molecule has 1 fully saturated rings. The van der Waals surface area contributed by atoms with Gasteiger partial charge in [-0.1, -0.05) is 42.9 Å². The number of nitrogens with one attached hydrogen (secondary N) is 1. The highest BCUT2D eigenvalue weighted by Crippen LogP contribution is 2.26. The molecule has 1 aromatic rings. The normalized spacial score (nSPS) is 19.8. The van der Waals surface area contributed by atoms with Crippen LogP contribution >= 0.6 is 0 Å². The van der Waals surface area contributed by atoms with Gasteiger partial charge in [-0.15, -0.1) is 0 Å². The van der Waals surface area contributed by atoms with Crippen LogP contribution in [0.1, 0.15) is 56.6 Å². The number of hydrogen-bond donors (Lipinski definition) is 2. The number of carbonyl (C=O) groups is 1. The first kappa shape index (κ1) is 23.5. The third-order valence-corrected chi connectivity index (χ3v) is 8.66. The van der Waals surface area contributed by atoms with Crippen molar-refractivity contribution in [2.75, 3.05) is 25.9 Å². The zero-order valence-corrected chi connectivity index (χ0v) is 19.2. The summed E-state index contributed by atoms with van der Waals surface area (Å²) in [5.74, 6) is 6.36. The number of carbonyl (C=O) groups excluding carboxylic acids is 1. The smallest absolute Gasteiger partial charge is 0.264 e. The molecule has 168 valence electrons. The van der Waals surface area contributed by atoms with Gasteiger partial charge in [0.15, 0.2) is 14.6 Å². The summed E-state index contributed by atoms with van der Waals surface area (Å²) < 4.78 is 22.5. The molecule has 6 nitrogen and oxygen atoms in total. The van der Waals surface area contributed by atoms with Crippen molar-refractivity contribution in [3.8, 4) is 11.8 Å². The van der Waals surface area contributed by atoms with Gasteiger partial charge in [0.1, 0.15) is 0 Å². The molecule has 0 saturated heterocycles. The highest BCUT2D eigenvalue weighted by molar-refractivity contribution is 7.92. The van der Waals surface area contributed by atoms with Crippen molar-refractivity contribution in [1.82, 2.24) is 10.4 Å². The molecular weight excluding hydrogens is 412 g/mol. The molecule has 0 spiro atoms. The number of amides is 1. The van der Waals surface area contributed by atoms with Gasteiger partial charge in [-0.2, -0.15) is 0 Å². The van der Waals surface area contributed by atoms with Crippen molar-refractivity contribution >= 4 is 21.3 Å². The van der Waals surface area contributed by atoms with Gasteiger partial charge in [-0.05, 0) is 55.9 Å². The molecule has 1 saturated carbocycles. The Hall–Kier alpha value is -2.14. The van der Waals surface area contributed by atoms with E-state index in [-0.39, 0.29) is 6.42 Å². The molecule has 1 unspecified atom stereocenters. The van der Waals surface area contributed by atoms with Crippen LogP contribution in [0.25, 0.3) is 5.57 Å². The SMILES string of the molecule is CC(CCN1CC=C(c2ccc(C#CC3CCCC3)cc2)CC1)(C(=O)NO)S(C)(=O)=O. The standard InChI is InChI=1S/C24H32N2O4S/c1-24(23(27)25-28,31(2,29)30)15-18-26-16-13-22(14-17-26)21-11-9-20(10-12-21)8-7-19-5-3-4-6-19/h9-13,19,28H,3-6,14-18H2,1-2H3,(H,25,27). The molecule has 2 aliphatic rings. The second kappa shape index (κ2) is 9.99. The predicted molar refractivity (Wildman–Crippen MR) is 122 cm³/mol. The van der Waals surface area contributed by atoms with E-state index < -0.39 is 20.5 Å². The van der Waals surface area contributed by atoms with Crippen LogP contribution < -0.4 is 5.48 Å². The Morgan fingerprint density at radius 1 is 1.26 bits per heavy atom. The molecule has 3 rings (SSSR count). The van der Waals surface area contributed by atoms with Gasteiger partial charge in [-0.3, -0.25) is 14.9 Å². The summed E-state index contributed by atoms with van der Waals surface area (Å²) >= 11 is 0. The van der Waals surface area contributed by atoms with Crippen LogP contribution in [0.2, 0.25) is 0 Å². The Labute approximate surface area is 185 Å². The van der Waals surface area contributed by atoms with Gasteiger partial charge in [0.05, 0.1) is 0 Å². The molecule has 2 N–H and O–H groups in total. The maximum absolute atomic E-state index is 12.1. The van der Waals surface area contributed by atoms with Gasteiger partial charge in [0, 0.05) is 37.4 Å². The third kappa shape index (κ3) is 5.76. The van der Waals surface area contributed by atoms with Crippen LogP contribution in [0.5, 0.6) is 0 Å². The first-order chi connectivity index (χ1) is 14.7. The molecule has 0 bridgehead atoms. The lowest BCUT2D eigenvalue weighted by molar-refractivity contribution is -0.131. The Morgan fingerprint density at radius 2 is 1.94 bits per heavy atom. The minimum absolute atomic E-state index is 0.121. The fourth-order valence-electron chi connectivity index (χ4n) is 4.16. The fourth-order valence-corrected chi connectivity index (χ4v) is 5.00. The summed E-state index contributed by atoms with van der Waals surface area (Å²) in [5, 5.41) is 8.94. The zero-order valence-electron chi connectivity index (χ0n) is 18.4. The molecular formula is C24H32N2O4S. The van der Waals surface area contributed by atoms with Gasteiger partial charge in [0.25, 0.3) is 5.91 Å².